The van der Waals surface area contributed by atoms with Crippen LogP contribution in [0.1, 0.15) is 44.2 Å². The smallest absolute Gasteiger partial charge is 0.303 e. The van der Waals surface area contributed by atoms with Crippen molar-refractivity contribution in [3.8, 4) is 0 Å². The maximum absolute atomic E-state index is 11.3. The number of ketones is 1. The Bertz CT molecular complexity index is 771. The van der Waals surface area contributed by atoms with Crippen LogP contribution < -0.4 is 5.73 Å². The van der Waals surface area contributed by atoms with E-state index in [1.54, 1.807) is 0 Å². The minimum atomic E-state index is -0.981. The summed E-state index contributed by atoms with van der Waals surface area (Å²) in [6.45, 7) is 1.66. The van der Waals surface area contributed by atoms with Crippen molar-refractivity contribution in [3.05, 3.63) is 71.8 Å². The number of ether oxygens (including phenoxy) is 2. The van der Waals surface area contributed by atoms with E-state index in [2.05, 4.69) is 0 Å². The third kappa shape index (κ3) is 16.9. The van der Waals surface area contributed by atoms with Crippen molar-refractivity contribution in [1.29, 1.82) is 0 Å². The number of hydrogen-bond acceptors (Lipinski definition) is 7. The van der Waals surface area contributed by atoms with E-state index in [-0.39, 0.29) is 45.6 Å². The van der Waals surface area contributed by atoms with E-state index in [9.17, 15) is 14.7 Å². The first-order valence-corrected chi connectivity index (χ1v) is 10.9. The van der Waals surface area contributed by atoms with Gasteiger partial charge in [0.05, 0.1) is 45.1 Å². The molecule has 0 aliphatic rings. The van der Waals surface area contributed by atoms with Gasteiger partial charge in [0.1, 0.15) is 5.78 Å². The molecule has 0 aliphatic carbocycles. The van der Waals surface area contributed by atoms with Gasteiger partial charge in [-0.15, -0.1) is 0 Å². The van der Waals surface area contributed by atoms with Crippen LogP contribution >= 0.6 is 0 Å². The minimum Gasteiger partial charge on any atom is -0.481 e. The Balaban J connectivity index is 0.000000676. The van der Waals surface area contributed by atoms with Gasteiger partial charge in [-0.3, -0.25) is 9.59 Å². The molecule has 2 atom stereocenters. The zero-order chi connectivity index (χ0) is 24.3. The van der Waals surface area contributed by atoms with Crippen LogP contribution in [0.15, 0.2) is 60.7 Å². The highest BCUT2D eigenvalue weighted by Crippen LogP contribution is 2.06. The highest BCUT2D eigenvalue weighted by atomic mass is 16.5. The van der Waals surface area contributed by atoms with Crippen molar-refractivity contribution in [2.75, 3.05) is 19.8 Å². The zero-order valence-corrected chi connectivity index (χ0v) is 18.8. The number of rotatable bonds is 15. The standard InChI is InChI=1S/C15H20O5.C10H15NO2.CH4/c16-13(8-9-15(18)19)6-7-14(17)11-20-10-12-4-2-1-3-5-12;11-6-10(12)8-13-7-9-4-2-1-3-5-9;/h1-5,14,17H,6-11H2,(H,18,19);1-5,10,12H,6-8,11H2;1H4/t14-;;/m1../s1. The number of benzene rings is 2. The molecule has 0 bridgehead atoms. The largest absolute Gasteiger partial charge is 0.481 e. The van der Waals surface area contributed by atoms with E-state index in [4.69, 9.17) is 25.4 Å². The summed E-state index contributed by atoms with van der Waals surface area (Å²) in [4.78, 5) is 21.6. The van der Waals surface area contributed by atoms with Crippen molar-refractivity contribution < 1.29 is 34.4 Å². The fourth-order valence-electron chi connectivity index (χ4n) is 2.62. The van der Waals surface area contributed by atoms with Crippen LogP contribution in [0.25, 0.3) is 0 Å². The lowest BCUT2D eigenvalue weighted by molar-refractivity contribution is -0.138. The quantitative estimate of drug-likeness (QED) is 0.307. The maximum Gasteiger partial charge on any atom is 0.303 e. The van der Waals surface area contributed by atoms with Crippen LogP contribution in [-0.2, 0) is 32.3 Å². The number of carboxylic acids is 1. The summed E-state index contributed by atoms with van der Waals surface area (Å²) in [6.07, 6.45) is -0.904. The second-order valence-electron chi connectivity index (χ2n) is 7.52. The third-order valence-corrected chi connectivity index (χ3v) is 4.49. The van der Waals surface area contributed by atoms with Crippen molar-refractivity contribution in [3.63, 3.8) is 0 Å². The topological polar surface area (TPSA) is 139 Å². The van der Waals surface area contributed by atoms with E-state index in [1.807, 2.05) is 60.7 Å². The van der Waals surface area contributed by atoms with Crippen LogP contribution in [0, 0.1) is 0 Å². The van der Waals surface area contributed by atoms with E-state index in [1.165, 1.54) is 0 Å². The Morgan fingerprint density at radius 3 is 1.68 bits per heavy atom. The fourth-order valence-corrected chi connectivity index (χ4v) is 2.62. The Morgan fingerprint density at radius 2 is 1.24 bits per heavy atom. The molecule has 0 fully saturated rings. The first kappa shape index (κ1) is 31.4. The van der Waals surface area contributed by atoms with E-state index < -0.39 is 18.2 Å². The lowest BCUT2D eigenvalue weighted by Crippen LogP contribution is -2.24. The number of aliphatic hydroxyl groups is 2. The van der Waals surface area contributed by atoms with Gasteiger partial charge in [-0.05, 0) is 17.5 Å². The van der Waals surface area contributed by atoms with Gasteiger partial charge in [0.15, 0.2) is 0 Å². The molecule has 5 N–H and O–H groups in total. The van der Waals surface area contributed by atoms with Crippen molar-refractivity contribution in [2.24, 2.45) is 5.73 Å². The number of carbonyl (C=O) groups is 2. The molecule has 0 aromatic heterocycles. The molecule has 0 saturated heterocycles. The van der Waals surface area contributed by atoms with Gasteiger partial charge in [0.25, 0.3) is 0 Å². The summed E-state index contributed by atoms with van der Waals surface area (Å²) >= 11 is 0. The average molecular weight is 478 g/mol. The zero-order valence-electron chi connectivity index (χ0n) is 18.8. The average Bonchev–Trinajstić information content (AvgIpc) is 2.83. The normalized spacial score (nSPS) is 12.0. The number of Topliss-reactive ketones (excluding diaryl/α,β-unsaturated/α-hetero) is 1. The molecule has 190 valence electrons. The fraction of sp³-hybridized carbons (Fsp3) is 0.462. The van der Waals surface area contributed by atoms with E-state index in [0.29, 0.717) is 26.2 Å². The molecule has 34 heavy (non-hydrogen) atoms. The molecule has 0 saturated carbocycles. The molecule has 0 radical (unpaired) electrons. The number of aliphatic hydroxyl groups excluding tert-OH is 2. The summed E-state index contributed by atoms with van der Waals surface area (Å²) in [6, 6.07) is 19.4. The highest BCUT2D eigenvalue weighted by Gasteiger charge is 2.10. The summed E-state index contributed by atoms with van der Waals surface area (Å²) in [7, 11) is 0. The molecule has 2 aromatic rings. The van der Waals surface area contributed by atoms with Crippen LogP contribution in [-0.4, -0.2) is 59.0 Å². The molecule has 8 heteroatoms. The van der Waals surface area contributed by atoms with Gasteiger partial charge >= 0.3 is 5.97 Å². The molecular weight excluding hydrogens is 438 g/mol. The van der Waals surface area contributed by atoms with Crippen LogP contribution in [0.3, 0.4) is 0 Å². The number of aliphatic carboxylic acids is 1. The van der Waals surface area contributed by atoms with Gasteiger partial charge in [0.2, 0.25) is 0 Å². The lowest BCUT2D eigenvalue weighted by atomic mass is 10.1. The van der Waals surface area contributed by atoms with Gasteiger partial charge in [-0.1, -0.05) is 68.1 Å². The Labute approximate surface area is 202 Å². The minimum absolute atomic E-state index is 0. The molecule has 0 heterocycles. The molecule has 0 aliphatic heterocycles. The lowest BCUT2D eigenvalue weighted by Gasteiger charge is -2.10. The summed E-state index contributed by atoms with van der Waals surface area (Å²) in [5, 5.41) is 27.2. The van der Waals surface area contributed by atoms with Gasteiger partial charge in [-0.25, -0.2) is 0 Å². The Kier molecular flexibility index (Phi) is 18.3. The van der Waals surface area contributed by atoms with Crippen molar-refractivity contribution >= 4 is 11.8 Å². The molecule has 0 spiro atoms. The summed E-state index contributed by atoms with van der Waals surface area (Å²) < 4.78 is 10.6. The first-order chi connectivity index (χ1) is 15.9. The number of carbonyl (C=O) groups excluding carboxylic acids is 1. The van der Waals surface area contributed by atoms with Gasteiger partial charge < -0.3 is 30.5 Å². The SMILES string of the molecule is C.NCC(O)COCc1ccccc1.O=C(O)CCC(=O)CC[C@@H](O)COCc1ccccc1. The van der Waals surface area contributed by atoms with Gasteiger partial charge in [0, 0.05) is 19.4 Å². The molecule has 0 amide bonds. The van der Waals surface area contributed by atoms with Crippen LogP contribution in [0.5, 0.6) is 0 Å². The second-order valence-corrected chi connectivity index (χ2v) is 7.52. The third-order valence-electron chi connectivity index (χ3n) is 4.49. The number of hydrogen-bond donors (Lipinski definition) is 4. The molecular formula is C26H39NO7. The van der Waals surface area contributed by atoms with E-state index >= 15 is 0 Å². The van der Waals surface area contributed by atoms with Crippen molar-refractivity contribution in [1.82, 2.24) is 0 Å². The summed E-state index contributed by atoms with van der Waals surface area (Å²) in [5.41, 5.74) is 7.35. The van der Waals surface area contributed by atoms with Gasteiger partial charge in [-0.2, -0.15) is 0 Å². The summed E-state index contributed by atoms with van der Waals surface area (Å²) in [5.74, 6) is -1.13. The molecule has 1 unspecified atom stereocenters. The number of carboxylic acid groups (broad SMARTS) is 1. The molecule has 2 aromatic carbocycles. The number of nitrogens with two attached hydrogens (primary N) is 1. The van der Waals surface area contributed by atoms with Crippen LogP contribution in [0.4, 0.5) is 0 Å². The predicted molar refractivity (Wildman–Crippen MR) is 131 cm³/mol. The first-order valence-electron chi connectivity index (χ1n) is 10.9. The molecule has 8 nitrogen and oxygen atoms in total. The monoisotopic (exact) mass is 477 g/mol. The second kappa shape index (κ2) is 19.8. The highest BCUT2D eigenvalue weighted by molar-refractivity contribution is 5.82. The molecule has 2 rings (SSSR count). The van der Waals surface area contributed by atoms with Crippen LogP contribution in [0.2, 0.25) is 0 Å². The predicted octanol–water partition coefficient (Wildman–Crippen LogP) is 2.94. The Hall–Kier alpha value is -2.62. The maximum atomic E-state index is 11.3. The van der Waals surface area contributed by atoms with E-state index in [0.717, 1.165) is 11.1 Å². The van der Waals surface area contributed by atoms with Crippen molar-refractivity contribution in [2.45, 2.75) is 58.5 Å². The Morgan fingerprint density at radius 1 is 0.765 bits per heavy atom.